The summed E-state index contributed by atoms with van der Waals surface area (Å²) >= 11 is 7.81. The average molecular weight is 343 g/mol. The van der Waals surface area contributed by atoms with Crippen LogP contribution in [0.25, 0.3) is 0 Å². The standard InChI is InChI=1S/C14H15ClN2O4S/c15-10-5-9(6-11-13(10)21-3-2-20-11)8-22-4-1-17-12(18)7-16-14(17)19/h5-6H,1-4,7-8H2,(H,16,19). The fourth-order valence-corrected chi connectivity index (χ4v) is 3.42. The molecule has 1 aromatic carbocycles. The Balaban J connectivity index is 1.52. The maximum atomic E-state index is 11.4. The summed E-state index contributed by atoms with van der Waals surface area (Å²) in [4.78, 5) is 24.1. The van der Waals surface area contributed by atoms with Crippen LogP contribution in [0.15, 0.2) is 12.1 Å². The molecule has 0 radical (unpaired) electrons. The number of rotatable bonds is 5. The molecule has 0 spiro atoms. The first-order chi connectivity index (χ1) is 10.6. The highest BCUT2D eigenvalue weighted by Gasteiger charge is 2.27. The maximum absolute atomic E-state index is 11.4. The highest BCUT2D eigenvalue weighted by molar-refractivity contribution is 7.98. The predicted molar refractivity (Wildman–Crippen MR) is 83.7 cm³/mol. The number of nitrogens with one attached hydrogen (secondary N) is 1. The lowest BCUT2D eigenvalue weighted by Crippen LogP contribution is -2.32. The van der Waals surface area contributed by atoms with Gasteiger partial charge in [-0.25, -0.2) is 4.79 Å². The van der Waals surface area contributed by atoms with Crippen LogP contribution in [0.5, 0.6) is 11.5 Å². The summed E-state index contributed by atoms with van der Waals surface area (Å²) in [5.41, 5.74) is 1.02. The molecule has 22 heavy (non-hydrogen) atoms. The van der Waals surface area contributed by atoms with Gasteiger partial charge in [0.25, 0.3) is 0 Å². The van der Waals surface area contributed by atoms with Crippen molar-refractivity contribution in [2.45, 2.75) is 5.75 Å². The number of carbonyl (C=O) groups excluding carboxylic acids is 2. The van der Waals surface area contributed by atoms with Crippen LogP contribution in [-0.2, 0) is 10.5 Å². The second-order valence-corrected chi connectivity index (χ2v) is 6.37. The number of halogens is 1. The van der Waals surface area contributed by atoms with Crippen molar-refractivity contribution in [3.05, 3.63) is 22.7 Å². The molecule has 0 unspecified atom stereocenters. The number of benzene rings is 1. The number of hydrogen-bond acceptors (Lipinski definition) is 5. The Hall–Kier alpha value is -1.60. The number of fused-ring (bicyclic) bond motifs is 1. The number of carbonyl (C=O) groups is 2. The summed E-state index contributed by atoms with van der Waals surface area (Å²) in [5.74, 6) is 2.49. The third-order valence-corrected chi connectivity index (χ3v) is 4.61. The number of imide groups is 1. The minimum absolute atomic E-state index is 0.0985. The number of ether oxygens (including phenoxy) is 2. The average Bonchev–Trinajstić information content (AvgIpc) is 2.83. The molecule has 1 aromatic rings. The smallest absolute Gasteiger partial charge is 0.324 e. The minimum atomic E-state index is -0.312. The highest BCUT2D eigenvalue weighted by atomic mass is 35.5. The van der Waals surface area contributed by atoms with E-state index in [1.165, 1.54) is 4.90 Å². The lowest BCUT2D eigenvalue weighted by molar-refractivity contribution is -0.124. The topological polar surface area (TPSA) is 67.9 Å². The van der Waals surface area contributed by atoms with Crippen LogP contribution in [0.3, 0.4) is 0 Å². The molecule has 6 nitrogen and oxygen atoms in total. The lowest BCUT2D eigenvalue weighted by atomic mass is 10.2. The molecular weight excluding hydrogens is 328 g/mol. The number of nitrogens with zero attached hydrogens (tertiary/aromatic N) is 1. The van der Waals surface area contributed by atoms with Crippen molar-refractivity contribution in [3.63, 3.8) is 0 Å². The van der Waals surface area contributed by atoms with Crippen molar-refractivity contribution in [1.82, 2.24) is 10.2 Å². The van der Waals surface area contributed by atoms with Gasteiger partial charge in [-0.1, -0.05) is 11.6 Å². The molecule has 3 amide bonds. The van der Waals surface area contributed by atoms with Crippen LogP contribution in [-0.4, -0.2) is 48.9 Å². The first-order valence-electron chi connectivity index (χ1n) is 6.89. The number of thioether (sulfide) groups is 1. The van der Waals surface area contributed by atoms with Gasteiger partial charge in [0.05, 0.1) is 11.6 Å². The van der Waals surface area contributed by atoms with E-state index in [2.05, 4.69) is 5.32 Å². The van der Waals surface area contributed by atoms with Crippen molar-refractivity contribution in [2.75, 3.05) is 32.1 Å². The molecule has 8 heteroatoms. The Morgan fingerprint density at radius 2 is 2.09 bits per heavy atom. The molecule has 0 aromatic heterocycles. The molecule has 1 N–H and O–H groups in total. The summed E-state index contributed by atoms with van der Waals surface area (Å²) in [6.45, 7) is 1.54. The zero-order chi connectivity index (χ0) is 15.5. The van der Waals surface area contributed by atoms with Crippen LogP contribution >= 0.6 is 23.4 Å². The molecule has 0 atom stereocenters. The molecular formula is C14H15ClN2O4S. The quantitative estimate of drug-likeness (QED) is 0.654. The van der Waals surface area contributed by atoms with E-state index in [4.69, 9.17) is 21.1 Å². The first kappa shape index (κ1) is 15.3. The van der Waals surface area contributed by atoms with E-state index >= 15 is 0 Å². The van der Waals surface area contributed by atoms with E-state index in [0.717, 1.165) is 11.3 Å². The molecule has 2 heterocycles. The van der Waals surface area contributed by atoms with E-state index in [0.29, 0.717) is 42.0 Å². The zero-order valence-corrected chi connectivity index (χ0v) is 13.3. The summed E-state index contributed by atoms with van der Waals surface area (Å²) in [6.07, 6.45) is 0. The Morgan fingerprint density at radius 3 is 2.86 bits per heavy atom. The van der Waals surface area contributed by atoms with Gasteiger partial charge in [0.1, 0.15) is 13.2 Å². The second-order valence-electron chi connectivity index (χ2n) is 4.86. The van der Waals surface area contributed by atoms with Gasteiger partial charge in [0, 0.05) is 18.1 Å². The monoisotopic (exact) mass is 342 g/mol. The Morgan fingerprint density at radius 1 is 1.27 bits per heavy atom. The summed E-state index contributed by atoms with van der Waals surface area (Å²) in [5, 5.41) is 3.04. The van der Waals surface area contributed by atoms with Gasteiger partial charge < -0.3 is 14.8 Å². The van der Waals surface area contributed by atoms with Gasteiger partial charge in [-0.15, -0.1) is 0 Å². The van der Waals surface area contributed by atoms with Crippen LogP contribution < -0.4 is 14.8 Å². The minimum Gasteiger partial charge on any atom is -0.486 e. The third kappa shape index (κ3) is 3.25. The SMILES string of the molecule is O=C1CNC(=O)N1CCSCc1cc(Cl)c2c(c1)OCCO2. The number of hydrogen-bond donors (Lipinski definition) is 1. The highest BCUT2D eigenvalue weighted by Crippen LogP contribution is 2.39. The van der Waals surface area contributed by atoms with Gasteiger partial charge >= 0.3 is 6.03 Å². The zero-order valence-electron chi connectivity index (χ0n) is 11.8. The van der Waals surface area contributed by atoms with E-state index < -0.39 is 0 Å². The number of urea groups is 1. The summed E-state index contributed by atoms with van der Waals surface area (Å²) in [7, 11) is 0. The fraction of sp³-hybridized carbons (Fsp3) is 0.429. The van der Waals surface area contributed by atoms with Crippen LogP contribution in [0.4, 0.5) is 4.79 Å². The van der Waals surface area contributed by atoms with E-state index in [1.54, 1.807) is 11.8 Å². The van der Waals surface area contributed by atoms with Crippen LogP contribution in [0.1, 0.15) is 5.56 Å². The van der Waals surface area contributed by atoms with Crippen molar-refractivity contribution in [3.8, 4) is 11.5 Å². The molecule has 0 aliphatic carbocycles. The molecule has 2 aliphatic heterocycles. The Bertz CT molecular complexity index is 595. The van der Waals surface area contributed by atoms with Gasteiger partial charge in [-0.2, -0.15) is 11.8 Å². The van der Waals surface area contributed by atoms with Crippen molar-refractivity contribution in [1.29, 1.82) is 0 Å². The summed E-state index contributed by atoms with van der Waals surface area (Å²) < 4.78 is 11.0. The maximum Gasteiger partial charge on any atom is 0.324 e. The Labute approximate surface area is 137 Å². The molecule has 1 saturated heterocycles. The van der Waals surface area contributed by atoms with Crippen molar-refractivity contribution >= 4 is 35.3 Å². The Kier molecular flexibility index (Phi) is 4.63. The van der Waals surface area contributed by atoms with Gasteiger partial charge in [-0.05, 0) is 17.7 Å². The van der Waals surface area contributed by atoms with Crippen molar-refractivity contribution in [2.24, 2.45) is 0 Å². The van der Waals surface area contributed by atoms with Gasteiger partial charge in [0.15, 0.2) is 11.5 Å². The van der Waals surface area contributed by atoms with Crippen LogP contribution in [0.2, 0.25) is 5.02 Å². The molecule has 2 aliphatic rings. The third-order valence-electron chi connectivity index (χ3n) is 3.32. The molecule has 1 fully saturated rings. The van der Waals surface area contributed by atoms with E-state index in [-0.39, 0.29) is 18.5 Å². The number of amides is 3. The van der Waals surface area contributed by atoms with Crippen LogP contribution in [0, 0.1) is 0 Å². The van der Waals surface area contributed by atoms with E-state index in [1.807, 2.05) is 12.1 Å². The first-order valence-corrected chi connectivity index (χ1v) is 8.42. The molecule has 0 saturated carbocycles. The lowest BCUT2D eigenvalue weighted by Gasteiger charge is -2.20. The van der Waals surface area contributed by atoms with Gasteiger partial charge in [-0.3, -0.25) is 9.69 Å². The van der Waals surface area contributed by atoms with Crippen molar-refractivity contribution < 1.29 is 19.1 Å². The second kappa shape index (κ2) is 6.66. The predicted octanol–water partition coefficient (Wildman–Crippen LogP) is 1.90. The summed E-state index contributed by atoms with van der Waals surface area (Å²) in [6, 6.07) is 3.46. The fourth-order valence-electron chi connectivity index (χ4n) is 2.28. The van der Waals surface area contributed by atoms with Gasteiger partial charge in [0.2, 0.25) is 5.91 Å². The largest absolute Gasteiger partial charge is 0.486 e. The normalized spacial score (nSPS) is 16.9. The van der Waals surface area contributed by atoms with E-state index in [9.17, 15) is 9.59 Å². The molecule has 0 bridgehead atoms. The molecule has 3 rings (SSSR count). The molecule has 118 valence electrons.